The molecule has 0 amide bonds. The Kier molecular flexibility index (Phi) is 4.05. The predicted molar refractivity (Wildman–Crippen MR) is 106 cm³/mol. The fourth-order valence-electron chi connectivity index (χ4n) is 3.28. The maximum absolute atomic E-state index is 13.3. The van der Waals surface area contributed by atoms with Gasteiger partial charge in [0, 0.05) is 15.6 Å². The molecule has 0 aliphatic rings. The number of aromatic carboxylic acids is 1. The van der Waals surface area contributed by atoms with E-state index in [2.05, 4.69) is 15.9 Å². The van der Waals surface area contributed by atoms with E-state index in [0.717, 1.165) is 21.5 Å². The van der Waals surface area contributed by atoms with Crippen LogP contribution in [0.2, 0.25) is 0 Å². The van der Waals surface area contributed by atoms with Gasteiger partial charge < -0.3 is 5.11 Å². The zero-order chi connectivity index (χ0) is 18.3. The van der Waals surface area contributed by atoms with Crippen LogP contribution in [0.3, 0.4) is 0 Å². The van der Waals surface area contributed by atoms with Gasteiger partial charge in [0.2, 0.25) is 0 Å². The van der Waals surface area contributed by atoms with Crippen molar-refractivity contribution in [3.05, 3.63) is 94.0 Å². The number of carboxylic acid groups (broad SMARTS) is 1. The van der Waals surface area contributed by atoms with Gasteiger partial charge in [0.15, 0.2) is 5.78 Å². The Bertz CT molecular complexity index is 1190. The average molecular weight is 405 g/mol. The Morgan fingerprint density at radius 1 is 0.692 bits per heavy atom. The summed E-state index contributed by atoms with van der Waals surface area (Å²) in [6, 6.07) is 22.1. The second-order valence-electron chi connectivity index (χ2n) is 6.02. The van der Waals surface area contributed by atoms with Gasteiger partial charge in [-0.2, -0.15) is 0 Å². The van der Waals surface area contributed by atoms with Gasteiger partial charge >= 0.3 is 5.97 Å². The number of halogens is 1. The summed E-state index contributed by atoms with van der Waals surface area (Å²) in [4.78, 5) is 24.9. The van der Waals surface area contributed by atoms with Crippen LogP contribution >= 0.6 is 15.9 Å². The van der Waals surface area contributed by atoms with E-state index in [1.54, 1.807) is 12.1 Å². The van der Waals surface area contributed by atoms with Crippen LogP contribution in [0, 0.1) is 0 Å². The Morgan fingerprint density at radius 3 is 2.08 bits per heavy atom. The second-order valence-corrected chi connectivity index (χ2v) is 6.93. The molecule has 0 aliphatic carbocycles. The molecule has 0 radical (unpaired) electrons. The third-order valence-corrected chi connectivity index (χ3v) is 4.96. The largest absolute Gasteiger partial charge is 0.478 e. The van der Waals surface area contributed by atoms with Gasteiger partial charge in [0.1, 0.15) is 0 Å². The van der Waals surface area contributed by atoms with Crippen LogP contribution in [0.1, 0.15) is 26.3 Å². The highest BCUT2D eigenvalue weighted by molar-refractivity contribution is 9.10. The topological polar surface area (TPSA) is 54.4 Å². The van der Waals surface area contributed by atoms with Crippen LogP contribution in [0.15, 0.2) is 77.3 Å². The monoisotopic (exact) mass is 404 g/mol. The fourth-order valence-corrected chi connectivity index (χ4v) is 3.64. The van der Waals surface area contributed by atoms with E-state index >= 15 is 0 Å². The molecule has 0 aromatic heterocycles. The van der Waals surface area contributed by atoms with E-state index < -0.39 is 5.97 Å². The molecule has 126 valence electrons. The second kappa shape index (κ2) is 6.39. The van der Waals surface area contributed by atoms with Crippen molar-refractivity contribution in [1.82, 2.24) is 0 Å². The highest BCUT2D eigenvalue weighted by Gasteiger charge is 2.21. The molecule has 0 saturated carbocycles. The molecule has 3 nitrogen and oxygen atoms in total. The molecule has 1 N–H and O–H groups in total. The van der Waals surface area contributed by atoms with Crippen LogP contribution in [0.25, 0.3) is 21.5 Å². The number of ketones is 1. The first-order valence-corrected chi connectivity index (χ1v) is 8.83. The van der Waals surface area contributed by atoms with Crippen molar-refractivity contribution in [2.24, 2.45) is 0 Å². The molecule has 4 rings (SSSR count). The molecular weight excluding hydrogens is 392 g/mol. The number of carbonyl (C=O) groups excluding carboxylic acids is 1. The van der Waals surface area contributed by atoms with E-state index in [1.807, 2.05) is 54.6 Å². The highest BCUT2D eigenvalue weighted by Crippen LogP contribution is 2.31. The normalized spacial score (nSPS) is 11.0. The minimum Gasteiger partial charge on any atom is -0.478 e. The lowest BCUT2D eigenvalue weighted by Crippen LogP contribution is -2.10. The lowest BCUT2D eigenvalue weighted by atomic mass is 9.91. The van der Waals surface area contributed by atoms with E-state index in [-0.39, 0.29) is 16.9 Å². The van der Waals surface area contributed by atoms with Crippen LogP contribution in [-0.4, -0.2) is 16.9 Å². The minimum atomic E-state index is -1.13. The number of fused-ring (bicyclic) bond motifs is 3. The minimum absolute atomic E-state index is 0.0124. The van der Waals surface area contributed by atoms with Crippen LogP contribution in [0.5, 0.6) is 0 Å². The molecule has 0 aliphatic heterocycles. The number of carboxylic acids is 1. The zero-order valence-corrected chi connectivity index (χ0v) is 15.2. The van der Waals surface area contributed by atoms with Gasteiger partial charge in [0.05, 0.1) is 5.56 Å². The summed E-state index contributed by atoms with van der Waals surface area (Å²) in [5, 5.41) is 13.3. The molecule has 0 atom stereocenters. The summed E-state index contributed by atoms with van der Waals surface area (Å²) in [7, 11) is 0. The summed E-state index contributed by atoms with van der Waals surface area (Å²) < 4.78 is 0.620. The Morgan fingerprint density at radius 2 is 1.35 bits per heavy atom. The Hall–Kier alpha value is -2.98. The fraction of sp³-hybridized carbons (Fsp3) is 0. The number of hydrogen-bond donors (Lipinski definition) is 1. The number of rotatable bonds is 3. The molecule has 4 aromatic rings. The lowest BCUT2D eigenvalue weighted by molar-refractivity contribution is 0.0692. The third-order valence-electron chi connectivity index (χ3n) is 4.47. The highest BCUT2D eigenvalue weighted by atomic mass is 79.9. The van der Waals surface area contributed by atoms with Gasteiger partial charge in [-0.05, 0) is 45.8 Å². The molecular formula is C22H13BrO3. The summed E-state index contributed by atoms with van der Waals surface area (Å²) >= 11 is 3.27. The van der Waals surface area contributed by atoms with Gasteiger partial charge in [-0.1, -0.05) is 64.5 Å². The van der Waals surface area contributed by atoms with E-state index in [4.69, 9.17) is 0 Å². The Balaban J connectivity index is 2.03. The van der Waals surface area contributed by atoms with Crippen LogP contribution in [-0.2, 0) is 0 Å². The van der Waals surface area contributed by atoms with Crippen LogP contribution < -0.4 is 0 Å². The third kappa shape index (κ3) is 2.68. The number of benzene rings is 4. The molecule has 0 fully saturated rings. The number of carbonyl (C=O) groups is 2. The maximum atomic E-state index is 13.3. The summed E-state index contributed by atoms with van der Waals surface area (Å²) in [5.74, 6) is -1.42. The number of hydrogen-bond acceptors (Lipinski definition) is 2. The van der Waals surface area contributed by atoms with Gasteiger partial charge in [-0.3, -0.25) is 4.79 Å². The summed E-state index contributed by atoms with van der Waals surface area (Å²) in [5.41, 5.74) is 0.673. The van der Waals surface area contributed by atoms with Gasteiger partial charge in [-0.25, -0.2) is 4.79 Å². The molecule has 0 bridgehead atoms. The zero-order valence-electron chi connectivity index (χ0n) is 13.6. The maximum Gasteiger partial charge on any atom is 0.336 e. The summed E-state index contributed by atoms with van der Waals surface area (Å²) in [6.45, 7) is 0. The standard InChI is InChI=1S/C22H13BrO3/c23-14-9-10-18(20(12-14)22(25)26)21(24)19-11-13-5-1-2-6-15(13)16-7-3-4-8-17(16)19/h1-12H,(H,25,26). The molecule has 0 heterocycles. The van der Waals surface area contributed by atoms with Gasteiger partial charge in [0.25, 0.3) is 0 Å². The molecule has 4 aromatic carbocycles. The first-order chi connectivity index (χ1) is 12.6. The van der Waals surface area contributed by atoms with E-state index in [1.165, 1.54) is 6.07 Å². The SMILES string of the molecule is O=C(O)c1cc(Br)ccc1C(=O)c1cc2ccccc2c2ccccc12. The lowest BCUT2D eigenvalue weighted by Gasteiger charge is -2.11. The first-order valence-electron chi connectivity index (χ1n) is 8.04. The molecule has 0 unspecified atom stereocenters. The van der Waals surface area contributed by atoms with Crippen molar-refractivity contribution >= 4 is 49.2 Å². The molecule has 4 heteroatoms. The van der Waals surface area contributed by atoms with Crippen molar-refractivity contribution < 1.29 is 14.7 Å². The van der Waals surface area contributed by atoms with Crippen molar-refractivity contribution in [3.63, 3.8) is 0 Å². The summed E-state index contributed by atoms with van der Waals surface area (Å²) in [6.07, 6.45) is 0. The molecule has 0 saturated heterocycles. The van der Waals surface area contributed by atoms with Crippen molar-refractivity contribution in [1.29, 1.82) is 0 Å². The Labute approximate surface area is 158 Å². The van der Waals surface area contributed by atoms with Gasteiger partial charge in [-0.15, -0.1) is 0 Å². The van der Waals surface area contributed by atoms with Crippen LogP contribution in [0.4, 0.5) is 0 Å². The van der Waals surface area contributed by atoms with Crippen molar-refractivity contribution in [3.8, 4) is 0 Å². The van der Waals surface area contributed by atoms with Crippen molar-refractivity contribution in [2.45, 2.75) is 0 Å². The smallest absolute Gasteiger partial charge is 0.336 e. The first kappa shape index (κ1) is 16.5. The van der Waals surface area contributed by atoms with E-state index in [9.17, 15) is 14.7 Å². The molecule has 26 heavy (non-hydrogen) atoms. The average Bonchev–Trinajstić information content (AvgIpc) is 2.66. The van der Waals surface area contributed by atoms with Crippen molar-refractivity contribution in [2.75, 3.05) is 0 Å². The molecule has 0 spiro atoms. The quantitative estimate of drug-likeness (QED) is 0.352. The van der Waals surface area contributed by atoms with E-state index in [0.29, 0.717) is 10.0 Å². The predicted octanol–water partition coefficient (Wildman–Crippen LogP) is 5.68.